The Labute approximate surface area is 136 Å². The molecule has 1 aliphatic heterocycles. The van der Waals surface area contributed by atoms with Gasteiger partial charge in [0.15, 0.2) is 0 Å². The van der Waals surface area contributed by atoms with Gasteiger partial charge in [-0.3, -0.25) is 9.59 Å². The van der Waals surface area contributed by atoms with E-state index in [1.807, 2.05) is 25.8 Å². The van der Waals surface area contributed by atoms with E-state index in [0.29, 0.717) is 37.6 Å². The van der Waals surface area contributed by atoms with Gasteiger partial charge in [-0.15, -0.1) is 11.3 Å². The second kappa shape index (κ2) is 5.01. The van der Waals surface area contributed by atoms with E-state index in [2.05, 4.69) is 9.55 Å². The Morgan fingerprint density at radius 1 is 1.09 bits per heavy atom. The number of hydrogen-bond acceptors (Lipinski definition) is 6. The van der Waals surface area contributed by atoms with Crippen molar-refractivity contribution in [1.29, 1.82) is 0 Å². The highest BCUT2D eigenvalue weighted by atomic mass is 32.1. The molecule has 0 unspecified atom stereocenters. The normalized spacial score (nSPS) is 15.9. The molecule has 0 radical (unpaired) electrons. The predicted molar refractivity (Wildman–Crippen MR) is 91.4 cm³/mol. The summed E-state index contributed by atoms with van der Waals surface area (Å²) in [5, 5.41) is 0.957. The lowest BCUT2D eigenvalue weighted by molar-refractivity contribution is 0.122. The summed E-state index contributed by atoms with van der Waals surface area (Å²) < 4.78 is 7.40. The standard InChI is InChI=1S/C16H17N3O3S/c1-8-10(12-16(18(8)3)23-9(2)17-12)11-13(15(21)14(11)20)19-4-6-22-7-5-19/h4-7H2,1-3H3. The average Bonchev–Trinajstić information content (AvgIpc) is 3.03. The highest BCUT2D eigenvalue weighted by Gasteiger charge is 2.32. The fourth-order valence-electron chi connectivity index (χ4n) is 3.30. The largest absolute Gasteiger partial charge is 0.378 e. The van der Waals surface area contributed by atoms with E-state index in [0.717, 1.165) is 26.6 Å². The van der Waals surface area contributed by atoms with E-state index < -0.39 is 5.43 Å². The summed E-state index contributed by atoms with van der Waals surface area (Å²) in [5.41, 5.74) is 2.91. The lowest BCUT2D eigenvalue weighted by Crippen LogP contribution is -2.46. The fraction of sp³-hybridized carbons (Fsp3) is 0.438. The number of ether oxygens (including phenoxy) is 1. The number of aryl methyl sites for hydroxylation is 2. The molecule has 0 saturated carbocycles. The molecule has 2 aromatic heterocycles. The third kappa shape index (κ3) is 1.93. The van der Waals surface area contributed by atoms with Gasteiger partial charge in [0.1, 0.15) is 16.0 Å². The number of fused-ring (bicyclic) bond motifs is 1. The third-order valence-corrected chi connectivity index (χ3v) is 5.63. The van der Waals surface area contributed by atoms with Gasteiger partial charge in [0, 0.05) is 31.4 Å². The minimum absolute atomic E-state index is 0.384. The highest BCUT2D eigenvalue weighted by Crippen LogP contribution is 2.38. The molecule has 7 heteroatoms. The summed E-state index contributed by atoms with van der Waals surface area (Å²) in [6, 6.07) is 0. The first-order chi connectivity index (χ1) is 11.0. The van der Waals surface area contributed by atoms with Crippen molar-refractivity contribution in [3.05, 3.63) is 31.1 Å². The molecule has 1 aliphatic rings. The van der Waals surface area contributed by atoms with Crippen molar-refractivity contribution in [2.24, 2.45) is 7.05 Å². The Morgan fingerprint density at radius 2 is 1.78 bits per heavy atom. The van der Waals surface area contributed by atoms with Crippen molar-refractivity contribution in [3.63, 3.8) is 0 Å². The molecule has 0 amide bonds. The molecule has 1 aromatic carbocycles. The van der Waals surface area contributed by atoms with Crippen LogP contribution in [0.1, 0.15) is 10.7 Å². The highest BCUT2D eigenvalue weighted by molar-refractivity contribution is 7.18. The molecule has 0 N–H and O–H groups in total. The molecule has 120 valence electrons. The van der Waals surface area contributed by atoms with Crippen molar-refractivity contribution in [1.82, 2.24) is 9.55 Å². The number of morpholine rings is 1. The zero-order chi connectivity index (χ0) is 16.3. The summed E-state index contributed by atoms with van der Waals surface area (Å²) in [4.78, 5) is 32.1. The van der Waals surface area contributed by atoms with Crippen LogP contribution in [0.15, 0.2) is 9.59 Å². The van der Waals surface area contributed by atoms with Gasteiger partial charge in [-0.2, -0.15) is 0 Å². The van der Waals surface area contributed by atoms with Crippen LogP contribution in [0.5, 0.6) is 0 Å². The van der Waals surface area contributed by atoms with E-state index in [4.69, 9.17) is 4.74 Å². The van der Waals surface area contributed by atoms with Gasteiger partial charge < -0.3 is 14.2 Å². The van der Waals surface area contributed by atoms with E-state index in [1.54, 1.807) is 11.3 Å². The van der Waals surface area contributed by atoms with E-state index in [9.17, 15) is 9.59 Å². The molecule has 6 nitrogen and oxygen atoms in total. The lowest BCUT2D eigenvalue weighted by atomic mass is 9.97. The number of thiazole rings is 1. The maximum Gasteiger partial charge on any atom is 0.250 e. The molecule has 3 heterocycles. The number of aromatic nitrogens is 2. The van der Waals surface area contributed by atoms with Crippen LogP contribution in [0.3, 0.4) is 0 Å². The van der Waals surface area contributed by atoms with Crippen LogP contribution in [-0.4, -0.2) is 35.9 Å². The van der Waals surface area contributed by atoms with Crippen LogP contribution in [-0.2, 0) is 11.8 Å². The van der Waals surface area contributed by atoms with Crippen molar-refractivity contribution in [3.8, 4) is 11.1 Å². The van der Waals surface area contributed by atoms with Gasteiger partial charge in [0.25, 0.3) is 0 Å². The number of anilines is 1. The third-order valence-electron chi connectivity index (χ3n) is 4.59. The minimum atomic E-state index is -0.396. The van der Waals surface area contributed by atoms with Gasteiger partial charge >= 0.3 is 0 Å². The first kappa shape index (κ1) is 14.6. The van der Waals surface area contributed by atoms with E-state index in [-0.39, 0.29) is 5.43 Å². The Bertz CT molecular complexity index is 985. The predicted octanol–water partition coefficient (Wildman–Crippen LogP) is 1.35. The second-order valence-electron chi connectivity index (χ2n) is 5.89. The molecular formula is C16H17N3O3S. The molecule has 1 fully saturated rings. The summed E-state index contributed by atoms with van der Waals surface area (Å²) in [6.45, 7) is 6.37. The zero-order valence-electron chi connectivity index (χ0n) is 13.3. The first-order valence-electron chi connectivity index (χ1n) is 7.59. The van der Waals surface area contributed by atoms with Crippen molar-refractivity contribution in [2.75, 3.05) is 31.2 Å². The maximum atomic E-state index is 12.3. The molecule has 0 bridgehead atoms. The lowest BCUT2D eigenvalue weighted by Gasteiger charge is -2.30. The molecule has 1 saturated heterocycles. The smallest absolute Gasteiger partial charge is 0.250 e. The molecule has 4 rings (SSSR count). The Balaban J connectivity index is 1.96. The summed E-state index contributed by atoms with van der Waals surface area (Å²) in [7, 11) is 1.97. The quantitative estimate of drug-likeness (QED) is 0.663. The van der Waals surface area contributed by atoms with Gasteiger partial charge in [-0.1, -0.05) is 0 Å². The molecule has 0 atom stereocenters. The van der Waals surface area contributed by atoms with E-state index >= 15 is 0 Å². The van der Waals surface area contributed by atoms with Crippen LogP contribution in [0.4, 0.5) is 5.69 Å². The molecule has 3 aromatic rings. The van der Waals surface area contributed by atoms with Crippen LogP contribution in [0.2, 0.25) is 0 Å². The van der Waals surface area contributed by atoms with Crippen molar-refractivity contribution in [2.45, 2.75) is 13.8 Å². The van der Waals surface area contributed by atoms with Crippen molar-refractivity contribution >= 4 is 27.4 Å². The van der Waals surface area contributed by atoms with Crippen LogP contribution >= 0.6 is 11.3 Å². The fourth-order valence-corrected chi connectivity index (χ4v) is 4.23. The Kier molecular flexibility index (Phi) is 3.18. The van der Waals surface area contributed by atoms with Gasteiger partial charge in [0.05, 0.1) is 23.8 Å². The van der Waals surface area contributed by atoms with Crippen LogP contribution in [0.25, 0.3) is 21.5 Å². The summed E-state index contributed by atoms with van der Waals surface area (Å²) in [6.07, 6.45) is 0. The second-order valence-corrected chi connectivity index (χ2v) is 7.07. The van der Waals surface area contributed by atoms with Crippen LogP contribution < -0.4 is 15.8 Å². The topological polar surface area (TPSA) is 64.4 Å². The Hall–Kier alpha value is -1.99. The number of hydrogen-bond donors (Lipinski definition) is 0. The Morgan fingerprint density at radius 3 is 2.48 bits per heavy atom. The molecule has 0 spiro atoms. The monoisotopic (exact) mass is 331 g/mol. The van der Waals surface area contributed by atoms with E-state index in [1.165, 1.54) is 0 Å². The van der Waals surface area contributed by atoms with Crippen molar-refractivity contribution < 1.29 is 4.74 Å². The molecule has 23 heavy (non-hydrogen) atoms. The zero-order valence-corrected chi connectivity index (χ0v) is 14.1. The van der Waals surface area contributed by atoms with Gasteiger partial charge in [-0.25, -0.2) is 4.98 Å². The van der Waals surface area contributed by atoms with Gasteiger partial charge in [0.2, 0.25) is 10.9 Å². The SMILES string of the molecule is Cc1nc2c(-c3c(N4CCOCC4)c(=O)c3=O)c(C)n(C)c2s1. The average molecular weight is 331 g/mol. The number of rotatable bonds is 2. The summed E-state index contributed by atoms with van der Waals surface area (Å²) >= 11 is 1.60. The minimum Gasteiger partial charge on any atom is -0.378 e. The van der Waals surface area contributed by atoms with Gasteiger partial charge in [-0.05, 0) is 13.8 Å². The molecule has 0 aliphatic carbocycles. The van der Waals surface area contributed by atoms with Crippen LogP contribution in [0, 0.1) is 13.8 Å². The summed E-state index contributed by atoms with van der Waals surface area (Å²) in [5.74, 6) is 0. The molecular weight excluding hydrogens is 314 g/mol. The first-order valence-corrected chi connectivity index (χ1v) is 8.41. The number of nitrogens with zero attached hydrogens (tertiary/aromatic N) is 3. The maximum absolute atomic E-state index is 12.3.